The molecule has 0 spiro atoms. The third kappa shape index (κ3) is 1.73. The van der Waals surface area contributed by atoms with Gasteiger partial charge in [0, 0.05) is 18.1 Å². The SMILES string of the molecule is O=C1CCCS(=O)(=O)c2c(F)cc(F)cc21. The minimum atomic E-state index is -3.82. The molecule has 0 atom stereocenters. The molecular formula is C10H8F2O3S. The number of benzene rings is 1. The highest BCUT2D eigenvalue weighted by molar-refractivity contribution is 7.91. The number of rotatable bonds is 0. The van der Waals surface area contributed by atoms with Gasteiger partial charge in [-0.2, -0.15) is 0 Å². The lowest BCUT2D eigenvalue weighted by molar-refractivity contribution is 0.0979. The first-order chi connectivity index (χ1) is 7.42. The summed E-state index contributed by atoms with van der Waals surface area (Å²) in [6.07, 6.45) is 0.131. The largest absolute Gasteiger partial charge is 0.294 e. The van der Waals surface area contributed by atoms with E-state index >= 15 is 0 Å². The van der Waals surface area contributed by atoms with Crippen LogP contribution in [0.4, 0.5) is 8.78 Å². The van der Waals surface area contributed by atoms with Crippen LogP contribution in [0.15, 0.2) is 17.0 Å². The number of fused-ring (bicyclic) bond motifs is 1. The van der Waals surface area contributed by atoms with E-state index in [1.54, 1.807) is 0 Å². The topological polar surface area (TPSA) is 51.2 Å². The Morgan fingerprint density at radius 3 is 2.56 bits per heavy atom. The van der Waals surface area contributed by atoms with Crippen molar-refractivity contribution in [3.05, 3.63) is 29.3 Å². The minimum Gasteiger partial charge on any atom is -0.294 e. The fourth-order valence-electron chi connectivity index (χ4n) is 1.74. The number of hydrogen-bond donors (Lipinski definition) is 0. The quantitative estimate of drug-likeness (QED) is 0.655. The van der Waals surface area contributed by atoms with E-state index in [9.17, 15) is 22.0 Å². The van der Waals surface area contributed by atoms with Crippen LogP contribution >= 0.6 is 0 Å². The molecule has 0 aromatic heterocycles. The second kappa shape index (κ2) is 3.62. The molecule has 1 aromatic carbocycles. The number of carbonyl (C=O) groups excluding carboxylic acids is 1. The normalized spacial score (nSPS) is 19.0. The molecule has 0 radical (unpaired) electrons. The lowest BCUT2D eigenvalue weighted by Crippen LogP contribution is -2.10. The van der Waals surface area contributed by atoms with Gasteiger partial charge in [-0.3, -0.25) is 4.79 Å². The molecule has 3 nitrogen and oxygen atoms in total. The van der Waals surface area contributed by atoms with Crippen molar-refractivity contribution in [1.29, 1.82) is 0 Å². The number of sulfone groups is 1. The van der Waals surface area contributed by atoms with Gasteiger partial charge in [-0.15, -0.1) is 0 Å². The van der Waals surface area contributed by atoms with Crippen molar-refractivity contribution in [3.8, 4) is 0 Å². The maximum atomic E-state index is 13.4. The van der Waals surface area contributed by atoms with Gasteiger partial charge in [0.15, 0.2) is 15.6 Å². The van der Waals surface area contributed by atoms with Crippen molar-refractivity contribution in [3.63, 3.8) is 0 Å². The van der Waals surface area contributed by atoms with Crippen molar-refractivity contribution >= 4 is 15.6 Å². The van der Waals surface area contributed by atoms with Crippen LogP contribution in [0, 0.1) is 11.6 Å². The molecule has 0 unspecified atom stereocenters. The van der Waals surface area contributed by atoms with Crippen LogP contribution < -0.4 is 0 Å². The molecule has 0 amide bonds. The second-order valence-electron chi connectivity index (χ2n) is 3.61. The summed E-state index contributed by atoms with van der Waals surface area (Å²) in [5.41, 5.74) is -0.366. The summed E-state index contributed by atoms with van der Waals surface area (Å²) in [7, 11) is -3.82. The third-order valence-corrected chi connectivity index (χ3v) is 4.30. The Bertz CT molecular complexity index is 564. The van der Waals surface area contributed by atoms with Crippen molar-refractivity contribution in [2.75, 3.05) is 5.75 Å². The Balaban J connectivity index is 2.83. The number of Topliss-reactive ketones (excluding diaryl/α,β-unsaturated/α-hetero) is 1. The molecule has 1 aliphatic rings. The molecule has 0 fully saturated rings. The maximum Gasteiger partial charge on any atom is 0.182 e. The molecule has 1 heterocycles. The van der Waals surface area contributed by atoms with E-state index in [2.05, 4.69) is 0 Å². The first kappa shape index (κ1) is 11.2. The maximum absolute atomic E-state index is 13.4. The minimum absolute atomic E-state index is 0.00484. The number of halogens is 2. The summed E-state index contributed by atoms with van der Waals surface area (Å²) in [6, 6.07) is 1.26. The Morgan fingerprint density at radius 1 is 1.19 bits per heavy atom. The monoisotopic (exact) mass is 246 g/mol. The molecule has 0 saturated heterocycles. The molecule has 6 heteroatoms. The van der Waals surface area contributed by atoms with Crippen LogP contribution in [-0.4, -0.2) is 20.0 Å². The fraction of sp³-hybridized carbons (Fsp3) is 0.300. The van der Waals surface area contributed by atoms with E-state index in [0.717, 1.165) is 6.07 Å². The van der Waals surface area contributed by atoms with Crippen LogP contribution in [0.5, 0.6) is 0 Å². The number of carbonyl (C=O) groups is 1. The molecule has 86 valence electrons. The smallest absolute Gasteiger partial charge is 0.182 e. The lowest BCUT2D eigenvalue weighted by Gasteiger charge is -2.06. The predicted octanol–water partition coefficient (Wildman–Crippen LogP) is 1.72. The van der Waals surface area contributed by atoms with Crippen LogP contribution in [0.2, 0.25) is 0 Å². The Labute approximate surface area is 91.0 Å². The van der Waals surface area contributed by atoms with E-state index in [1.165, 1.54) is 0 Å². The first-order valence-corrected chi connectivity index (χ1v) is 6.32. The predicted molar refractivity (Wildman–Crippen MR) is 52.0 cm³/mol. The molecule has 0 aliphatic carbocycles. The zero-order chi connectivity index (χ0) is 11.9. The van der Waals surface area contributed by atoms with E-state index in [-0.39, 0.29) is 24.2 Å². The molecule has 0 bridgehead atoms. The van der Waals surface area contributed by atoms with E-state index in [4.69, 9.17) is 0 Å². The van der Waals surface area contributed by atoms with E-state index in [0.29, 0.717) is 6.07 Å². The Morgan fingerprint density at radius 2 is 1.88 bits per heavy atom. The highest BCUT2D eigenvalue weighted by atomic mass is 32.2. The van der Waals surface area contributed by atoms with Crippen molar-refractivity contribution in [2.24, 2.45) is 0 Å². The molecular weight excluding hydrogens is 238 g/mol. The molecule has 0 saturated carbocycles. The van der Waals surface area contributed by atoms with Gasteiger partial charge in [0.25, 0.3) is 0 Å². The first-order valence-electron chi connectivity index (χ1n) is 4.67. The average Bonchev–Trinajstić information content (AvgIpc) is 2.24. The summed E-state index contributed by atoms with van der Waals surface area (Å²) in [5, 5.41) is 0. The summed E-state index contributed by atoms with van der Waals surface area (Å²) in [4.78, 5) is 10.8. The lowest BCUT2D eigenvalue weighted by atomic mass is 10.1. The van der Waals surface area contributed by atoms with Gasteiger partial charge in [0.1, 0.15) is 16.5 Å². The molecule has 16 heavy (non-hydrogen) atoms. The van der Waals surface area contributed by atoms with Crippen molar-refractivity contribution < 1.29 is 22.0 Å². The average molecular weight is 246 g/mol. The molecule has 1 aliphatic heterocycles. The van der Waals surface area contributed by atoms with Gasteiger partial charge in [0.05, 0.1) is 5.75 Å². The fourth-order valence-corrected chi connectivity index (χ4v) is 3.34. The Hall–Kier alpha value is -1.30. The van der Waals surface area contributed by atoms with Gasteiger partial charge in [-0.05, 0) is 12.5 Å². The summed E-state index contributed by atoms with van der Waals surface area (Å²) >= 11 is 0. The standard InChI is InChI=1S/C10H8F2O3S/c11-6-4-7-9(13)2-1-3-16(14,15)10(7)8(12)5-6/h4-5H,1-3H2. The van der Waals surface area contributed by atoms with Crippen LogP contribution in [0.25, 0.3) is 0 Å². The molecule has 1 aromatic rings. The van der Waals surface area contributed by atoms with Crippen LogP contribution in [-0.2, 0) is 9.84 Å². The van der Waals surface area contributed by atoms with Gasteiger partial charge in [0.2, 0.25) is 0 Å². The zero-order valence-electron chi connectivity index (χ0n) is 8.16. The highest BCUT2D eigenvalue weighted by Crippen LogP contribution is 2.27. The highest BCUT2D eigenvalue weighted by Gasteiger charge is 2.30. The summed E-state index contributed by atoms with van der Waals surface area (Å²) in [6.45, 7) is 0. The zero-order valence-corrected chi connectivity index (χ0v) is 8.98. The molecule has 2 rings (SSSR count). The van der Waals surface area contributed by atoms with Crippen molar-refractivity contribution in [2.45, 2.75) is 17.7 Å². The van der Waals surface area contributed by atoms with E-state index in [1.807, 2.05) is 0 Å². The van der Waals surface area contributed by atoms with Gasteiger partial charge in [-0.1, -0.05) is 0 Å². The summed E-state index contributed by atoms with van der Waals surface area (Å²) < 4.78 is 49.6. The summed E-state index contributed by atoms with van der Waals surface area (Å²) in [5.74, 6) is -2.95. The van der Waals surface area contributed by atoms with Gasteiger partial charge >= 0.3 is 0 Å². The van der Waals surface area contributed by atoms with E-state index < -0.39 is 32.2 Å². The third-order valence-electron chi connectivity index (χ3n) is 2.44. The Kier molecular flexibility index (Phi) is 2.53. The number of ketones is 1. The number of hydrogen-bond acceptors (Lipinski definition) is 3. The van der Waals surface area contributed by atoms with Gasteiger partial charge in [-0.25, -0.2) is 17.2 Å². The van der Waals surface area contributed by atoms with Crippen LogP contribution in [0.3, 0.4) is 0 Å². The second-order valence-corrected chi connectivity index (χ2v) is 5.66. The van der Waals surface area contributed by atoms with Gasteiger partial charge < -0.3 is 0 Å². The van der Waals surface area contributed by atoms with Crippen molar-refractivity contribution in [1.82, 2.24) is 0 Å². The van der Waals surface area contributed by atoms with Crippen LogP contribution in [0.1, 0.15) is 23.2 Å². The molecule has 0 N–H and O–H groups in total.